The monoisotopic (exact) mass is 270 g/mol. The molecule has 1 amide bonds. The standard InChI is InChI=1S/C16H18N2O2/c17-12-4-1-3-11(9-12)10-16(19)18-14-5-2-6-15-13(14)7-8-20-15/h1,3-4,7-9,14H,2,5-6,10,17H2,(H,18,19). The zero-order valence-corrected chi connectivity index (χ0v) is 11.3. The maximum absolute atomic E-state index is 12.1. The second-order valence-corrected chi connectivity index (χ2v) is 5.23. The van der Waals surface area contributed by atoms with Crippen molar-refractivity contribution in [3.05, 3.63) is 53.5 Å². The Bertz CT molecular complexity index is 618. The van der Waals surface area contributed by atoms with Crippen LogP contribution in [0.5, 0.6) is 0 Å². The maximum Gasteiger partial charge on any atom is 0.224 e. The molecule has 1 aromatic heterocycles. The number of hydrogen-bond donors (Lipinski definition) is 2. The van der Waals surface area contributed by atoms with E-state index in [1.165, 1.54) is 0 Å². The van der Waals surface area contributed by atoms with Gasteiger partial charge < -0.3 is 15.5 Å². The van der Waals surface area contributed by atoms with Crippen molar-refractivity contribution < 1.29 is 9.21 Å². The third kappa shape index (κ3) is 2.69. The number of amides is 1. The largest absolute Gasteiger partial charge is 0.469 e. The first kappa shape index (κ1) is 12.8. The van der Waals surface area contributed by atoms with E-state index in [0.29, 0.717) is 12.1 Å². The van der Waals surface area contributed by atoms with Gasteiger partial charge in [0, 0.05) is 17.7 Å². The number of benzene rings is 1. The lowest BCUT2D eigenvalue weighted by molar-refractivity contribution is -0.121. The molecule has 0 fully saturated rings. The Morgan fingerprint density at radius 3 is 3.15 bits per heavy atom. The smallest absolute Gasteiger partial charge is 0.224 e. The number of carbonyl (C=O) groups excluding carboxylic acids is 1. The lowest BCUT2D eigenvalue weighted by atomic mass is 9.93. The van der Waals surface area contributed by atoms with E-state index in [-0.39, 0.29) is 11.9 Å². The Hall–Kier alpha value is -2.23. The van der Waals surface area contributed by atoms with Gasteiger partial charge in [-0.2, -0.15) is 0 Å². The molecule has 4 heteroatoms. The summed E-state index contributed by atoms with van der Waals surface area (Å²) in [5.74, 6) is 1.03. The molecular weight excluding hydrogens is 252 g/mol. The van der Waals surface area contributed by atoms with Crippen molar-refractivity contribution in [2.24, 2.45) is 0 Å². The lowest BCUT2D eigenvalue weighted by Crippen LogP contribution is -2.31. The van der Waals surface area contributed by atoms with Crippen LogP contribution in [-0.4, -0.2) is 5.91 Å². The minimum absolute atomic E-state index is 0.0228. The first-order chi connectivity index (χ1) is 9.72. The van der Waals surface area contributed by atoms with Crippen molar-refractivity contribution in [3.8, 4) is 0 Å². The molecule has 1 aliphatic rings. The summed E-state index contributed by atoms with van der Waals surface area (Å²) in [5.41, 5.74) is 8.47. The first-order valence-corrected chi connectivity index (χ1v) is 6.92. The first-order valence-electron chi connectivity index (χ1n) is 6.92. The summed E-state index contributed by atoms with van der Waals surface area (Å²) in [6, 6.07) is 9.47. The number of nitrogens with one attached hydrogen (secondary N) is 1. The molecule has 1 aliphatic carbocycles. The van der Waals surface area contributed by atoms with Crippen molar-refractivity contribution >= 4 is 11.6 Å². The fourth-order valence-corrected chi connectivity index (χ4v) is 2.77. The molecule has 20 heavy (non-hydrogen) atoms. The number of aryl methyl sites for hydroxylation is 1. The quantitative estimate of drug-likeness (QED) is 0.842. The lowest BCUT2D eigenvalue weighted by Gasteiger charge is -2.22. The van der Waals surface area contributed by atoms with Crippen LogP contribution in [-0.2, 0) is 17.6 Å². The molecule has 0 radical (unpaired) electrons. The third-order valence-electron chi connectivity index (χ3n) is 3.70. The van der Waals surface area contributed by atoms with Crippen LogP contribution in [0.4, 0.5) is 5.69 Å². The Kier molecular flexibility index (Phi) is 3.46. The molecule has 1 aromatic carbocycles. The normalized spacial score (nSPS) is 17.5. The van der Waals surface area contributed by atoms with Gasteiger partial charge in [0.25, 0.3) is 0 Å². The van der Waals surface area contributed by atoms with Crippen LogP contribution in [0.25, 0.3) is 0 Å². The Labute approximate surface area is 118 Å². The minimum atomic E-state index is 0.0228. The molecular formula is C16H18N2O2. The molecule has 0 aliphatic heterocycles. The zero-order chi connectivity index (χ0) is 13.9. The van der Waals surface area contributed by atoms with Gasteiger partial charge in [-0.25, -0.2) is 0 Å². The summed E-state index contributed by atoms with van der Waals surface area (Å²) in [4.78, 5) is 12.1. The van der Waals surface area contributed by atoms with E-state index in [1.807, 2.05) is 30.3 Å². The summed E-state index contributed by atoms with van der Waals surface area (Å²) >= 11 is 0. The molecule has 104 valence electrons. The Morgan fingerprint density at radius 1 is 1.40 bits per heavy atom. The zero-order valence-electron chi connectivity index (χ0n) is 11.3. The van der Waals surface area contributed by atoms with E-state index in [9.17, 15) is 4.79 Å². The minimum Gasteiger partial charge on any atom is -0.469 e. The van der Waals surface area contributed by atoms with E-state index in [4.69, 9.17) is 10.2 Å². The van der Waals surface area contributed by atoms with E-state index >= 15 is 0 Å². The van der Waals surface area contributed by atoms with Crippen molar-refractivity contribution in [1.29, 1.82) is 0 Å². The van der Waals surface area contributed by atoms with E-state index in [1.54, 1.807) is 6.26 Å². The molecule has 0 saturated carbocycles. The molecule has 4 nitrogen and oxygen atoms in total. The summed E-state index contributed by atoms with van der Waals surface area (Å²) in [6.45, 7) is 0. The van der Waals surface area contributed by atoms with Crippen molar-refractivity contribution in [2.75, 3.05) is 5.73 Å². The third-order valence-corrected chi connectivity index (χ3v) is 3.70. The molecule has 1 unspecified atom stereocenters. The molecule has 0 saturated heterocycles. The van der Waals surface area contributed by atoms with Gasteiger partial charge in [0.15, 0.2) is 0 Å². The van der Waals surface area contributed by atoms with Crippen LogP contribution in [0.3, 0.4) is 0 Å². The maximum atomic E-state index is 12.1. The molecule has 0 bridgehead atoms. The van der Waals surface area contributed by atoms with Crippen LogP contribution < -0.4 is 11.1 Å². The van der Waals surface area contributed by atoms with E-state index in [2.05, 4.69) is 5.32 Å². The van der Waals surface area contributed by atoms with Crippen molar-refractivity contribution in [3.63, 3.8) is 0 Å². The molecule has 0 spiro atoms. The van der Waals surface area contributed by atoms with Gasteiger partial charge in [0.2, 0.25) is 5.91 Å². The fourth-order valence-electron chi connectivity index (χ4n) is 2.77. The van der Waals surface area contributed by atoms with Crippen LogP contribution in [0.2, 0.25) is 0 Å². The van der Waals surface area contributed by atoms with Gasteiger partial charge >= 0.3 is 0 Å². The summed E-state index contributed by atoms with van der Waals surface area (Å²) < 4.78 is 5.43. The molecule has 3 rings (SSSR count). The summed E-state index contributed by atoms with van der Waals surface area (Å²) in [7, 11) is 0. The number of nitrogen functional groups attached to an aromatic ring is 1. The highest BCUT2D eigenvalue weighted by atomic mass is 16.3. The number of anilines is 1. The highest BCUT2D eigenvalue weighted by Gasteiger charge is 2.23. The van der Waals surface area contributed by atoms with Crippen molar-refractivity contribution in [2.45, 2.75) is 31.7 Å². The number of furan rings is 1. The van der Waals surface area contributed by atoms with Gasteiger partial charge in [-0.1, -0.05) is 12.1 Å². The second kappa shape index (κ2) is 5.41. The molecule has 1 atom stereocenters. The van der Waals surface area contributed by atoms with Gasteiger partial charge in [-0.3, -0.25) is 4.79 Å². The number of rotatable bonds is 3. The van der Waals surface area contributed by atoms with Crippen molar-refractivity contribution in [1.82, 2.24) is 5.32 Å². The topological polar surface area (TPSA) is 68.3 Å². The highest BCUT2D eigenvalue weighted by molar-refractivity contribution is 5.79. The second-order valence-electron chi connectivity index (χ2n) is 5.23. The van der Waals surface area contributed by atoms with Gasteiger partial charge in [0.05, 0.1) is 18.7 Å². The van der Waals surface area contributed by atoms with Gasteiger partial charge in [0.1, 0.15) is 5.76 Å². The van der Waals surface area contributed by atoms with Crippen LogP contribution in [0, 0.1) is 0 Å². The van der Waals surface area contributed by atoms with E-state index < -0.39 is 0 Å². The number of carbonyl (C=O) groups is 1. The average molecular weight is 270 g/mol. The average Bonchev–Trinajstić information content (AvgIpc) is 2.88. The fraction of sp³-hybridized carbons (Fsp3) is 0.312. The predicted molar refractivity (Wildman–Crippen MR) is 77.1 cm³/mol. The van der Waals surface area contributed by atoms with E-state index in [0.717, 1.165) is 36.1 Å². The summed E-state index contributed by atoms with van der Waals surface area (Å²) in [5, 5.41) is 3.09. The Morgan fingerprint density at radius 2 is 2.30 bits per heavy atom. The number of fused-ring (bicyclic) bond motifs is 1. The highest BCUT2D eigenvalue weighted by Crippen LogP contribution is 2.30. The SMILES string of the molecule is Nc1cccc(CC(=O)NC2CCCc3occc32)c1. The summed E-state index contributed by atoms with van der Waals surface area (Å²) in [6.07, 6.45) is 5.03. The Balaban J connectivity index is 1.66. The molecule has 2 aromatic rings. The van der Waals surface area contributed by atoms with Crippen LogP contribution in [0.1, 0.15) is 35.8 Å². The molecule has 3 N–H and O–H groups in total. The molecule has 1 heterocycles. The number of nitrogens with two attached hydrogens (primary N) is 1. The van der Waals surface area contributed by atoms with Gasteiger partial charge in [-0.05, 0) is 36.6 Å². The van der Waals surface area contributed by atoms with Gasteiger partial charge in [-0.15, -0.1) is 0 Å². The number of hydrogen-bond acceptors (Lipinski definition) is 3. The van der Waals surface area contributed by atoms with Crippen LogP contribution in [0.15, 0.2) is 41.0 Å². The predicted octanol–water partition coefficient (Wildman–Crippen LogP) is 2.60. The van der Waals surface area contributed by atoms with Crippen LogP contribution >= 0.6 is 0 Å².